The average molecular weight is 434 g/mol. The van der Waals surface area contributed by atoms with Gasteiger partial charge in [-0.05, 0) is 32.4 Å². The molecule has 2 aromatic heterocycles. The summed E-state index contributed by atoms with van der Waals surface area (Å²) in [6, 6.07) is 8.10. The van der Waals surface area contributed by atoms with Crippen LogP contribution in [0.15, 0.2) is 29.6 Å². The first-order valence-corrected chi connectivity index (χ1v) is 12.1. The van der Waals surface area contributed by atoms with Gasteiger partial charge >= 0.3 is 0 Å². The summed E-state index contributed by atoms with van der Waals surface area (Å²) in [5.74, 6) is 0.294. The number of rotatable bonds is 4. The number of aromatic nitrogens is 3. The summed E-state index contributed by atoms with van der Waals surface area (Å²) >= 11 is 8.09. The van der Waals surface area contributed by atoms with Crippen molar-refractivity contribution in [1.29, 1.82) is 0 Å². The zero-order chi connectivity index (χ0) is 19.9. The Balaban J connectivity index is 1.56. The Hall–Kier alpha value is -1.96. The van der Waals surface area contributed by atoms with Crippen LogP contribution in [0.2, 0.25) is 5.15 Å². The van der Waals surface area contributed by atoms with Crippen LogP contribution in [0.5, 0.6) is 0 Å². The molecule has 3 heterocycles. The van der Waals surface area contributed by atoms with Crippen molar-refractivity contribution in [2.24, 2.45) is 0 Å². The smallest absolute Gasteiger partial charge is 0.152 e. The van der Waals surface area contributed by atoms with E-state index >= 15 is 0 Å². The van der Waals surface area contributed by atoms with Crippen molar-refractivity contribution in [3.63, 3.8) is 0 Å². The second-order valence-electron chi connectivity index (χ2n) is 7.06. The number of sulfone groups is 1. The summed E-state index contributed by atoms with van der Waals surface area (Å²) in [6.07, 6.45) is 4.38. The van der Waals surface area contributed by atoms with Crippen LogP contribution >= 0.6 is 22.9 Å². The molecule has 1 aromatic carbocycles. The summed E-state index contributed by atoms with van der Waals surface area (Å²) in [5, 5.41) is 7.87. The van der Waals surface area contributed by atoms with E-state index < -0.39 is 9.84 Å². The summed E-state index contributed by atoms with van der Waals surface area (Å²) in [7, 11) is -2.99. The summed E-state index contributed by atoms with van der Waals surface area (Å²) in [6.45, 7) is 3.94. The van der Waals surface area contributed by atoms with Gasteiger partial charge in [0.2, 0.25) is 0 Å². The lowest BCUT2D eigenvalue weighted by Crippen LogP contribution is -2.12. The number of hydrogen-bond donors (Lipinski definition) is 0. The predicted molar refractivity (Wildman–Crippen MR) is 115 cm³/mol. The predicted octanol–water partition coefficient (Wildman–Crippen LogP) is 4.81. The average Bonchev–Trinajstić information content (AvgIpc) is 3.33. The molecule has 1 atom stereocenters. The Kier molecular flexibility index (Phi) is 5.16. The Morgan fingerprint density at radius 3 is 2.64 bits per heavy atom. The lowest BCUT2D eigenvalue weighted by molar-refractivity contribution is 0.497. The number of thiazole rings is 1. The minimum Gasteiger partial charge on any atom is -0.249 e. The van der Waals surface area contributed by atoms with Crippen LogP contribution in [0.1, 0.15) is 34.3 Å². The standard InChI is InChI=1S/C20H20ClN3O2S2/c1-13-3-5-15(6-4-13)18-11-27-19(22-18)8-7-17-14(2)23-24(20(17)21)16-9-10-28(25,26)12-16/h3-8,11,16H,9-10,12H2,1-2H3. The van der Waals surface area contributed by atoms with Gasteiger partial charge in [-0.1, -0.05) is 41.4 Å². The van der Waals surface area contributed by atoms with E-state index in [9.17, 15) is 8.42 Å². The molecule has 1 fully saturated rings. The molecule has 0 bridgehead atoms. The molecular formula is C20H20ClN3O2S2. The topological polar surface area (TPSA) is 64.8 Å². The molecule has 28 heavy (non-hydrogen) atoms. The van der Waals surface area contributed by atoms with Crippen LogP contribution in [-0.2, 0) is 9.84 Å². The van der Waals surface area contributed by atoms with Crippen molar-refractivity contribution in [2.75, 3.05) is 11.5 Å². The normalized spacial score (nSPS) is 18.9. The number of aryl methyl sites for hydroxylation is 2. The van der Waals surface area contributed by atoms with Crippen molar-refractivity contribution < 1.29 is 8.42 Å². The second kappa shape index (κ2) is 7.46. The zero-order valence-corrected chi connectivity index (χ0v) is 18.0. The number of nitrogens with zero attached hydrogens (tertiary/aromatic N) is 3. The second-order valence-corrected chi connectivity index (χ2v) is 10.5. The Morgan fingerprint density at radius 2 is 1.96 bits per heavy atom. The van der Waals surface area contributed by atoms with Gasteiger partial charge in [-0.3, -0.25) is 0 Å². The van der Waals surface area contributed by atoms with E-state index in [1.54, 1.807) is 16.0 Å². The van der Waals surface area contributed by atoms with Crippen molar-refractivity contribution in [2.45, 2.75) is 26.3 Å². The van der Waals surface area contributed by atoms with Crippen molar-refractivity contribution in [3.05, 3.63) is 56.6 Å². The summed E-state index contributed by atoms with van der Waals surface area (Å²) < 4.78 is 25.2. The molecule has 0 amide bonds. The summed E-state index contributed by atoms with van der Waals surface area (Å²) in [4.78, 5) is 4.67. The molecule has 1 aliphatic heterocycles. The van der Waals surface area contributed by atoms with Crippen molar-refractivity contribution in [3.8, 4) is 11.3 Å². The van der Waals surface area contributed by atoms with Gasteiger partial charge in [-0.2, -0.15) is 5.10 Å². The fourth-order valence-electron chi connectivity index (χ4n) is 3.31. The molecule has 1 aliphatic rings. The third-order valence-electron chi connectivity index (χ3n) is 4.89. The third kappa shape index (κ3) is 3.92. The minimum absolute atomic E-state index is 0.101. The first-order chi connectivity index (χ1) is 13.3. The molecule has 146 valence electrons. The molecule has 1 saturated heterocycles. The van der Waals surface area contributed by atoms with E-state index in [2.05, 4.69) is 41.3 Å². The Bertz CT molecular complexity index is 1140. The molecule has 5 nitrogen and oxygen atoms in total. The maximum absolute atomic E-state index is 11.8. The molecule has 4 rings (SSSR count). The quantitative estimate of drug-likeness (QED) is 0.592. The van der Waals surface area contributed by atoms with E-state index in [-0.39, 0.29) is 17.5 Å². The van der Waals surface area contributed by atoms with Gasteiger partial charge in [0.05, 0.1) is 28.9 Å². The van der Waals surface area contributed by atoms with E-state index in [0.29, 0.717) is 11.6 Å². The molecule has 0 radical (unpaired) electrons. The lowest BCUT2D eigenvalue weighted by Gasteiger charge is -2.09. The maximum Gasteiger partial charge on any atom is 0.152 e. The highest BCUT2D eigenvalue weighted by Gasteiger charge is 2.31. The highest BCUT2D eigenvalue weighted by Crippen LogP contribution is 2.31. The van der Waals surface area contributed by atoms with Crippen LogP contribution in [0.4, 0.5) is 0 Å². The maximum atomic E-state index is 11.8. The van der Waals surface area contributed by atoms with Gasteiger partial charge in [-0.25, -0.2) is 18.1 Å². The molecule has 0 aliphatic carbocycles. The Morgan fingerprint density at radius 1 is 1.21 bits per heavy atom. The molecule has 0 N–H and O–H groups in total. The zero-order valence-electron chi connectivity index (χ0n) is 15.6. The minimum atomic E-state index is -2.99. The van der Waals surface area contributed by atoms with Crippen LogP contribution in [0.25, 0.3) is 23.4 Å². The van der Waals surface area contributed by atoms with Gasteiger partial charge in [0, 0.05) is 16.5 Å². The van der Waals surface area contributed by atoms with Crippen LogP contribution in [0, 0.1) is 13.8 Å². The van der Waals surface area contributed by atoms with E-state index in [0.717, 1.165) is 27.5 Å². The van der Waals surface area contributed by atoms with E-state index in [1.807, 2.05) is 24.5 Å². The molecule has 1 unspecified atom stereocenters. The third-order valence-corrected chi connectivity index (χ3v) is 7.82. The van der Waals surface area contributed by atoms with Crippen LogP contribution in [-0.4, -0.2) is 34.7 Å². The number of benzene rings is 1. The van der Waals surface area contributed by atoms with Gasteiger partial charge in [0.25, 0.3) is 0 Å². The number of halogens is 1. The van der Waals surface area contributed by atoms with Crippen molar-refractivity contribution >= 4 is 44.9 Å². The monoisotopic (exact) mass is 433 g/mol. The highest BCUT2D eigenvalue weighted by molar-refractivity contribution is 7.91. The van der Waals surface area contributed by atoms with Gasteiger partial charge < -0.3 is 0 Å². The molecular weight excluding hydrogens is 414 g/mol. The molecule has 0 spiro atoms. The fraction of sp³-hybridized carbons (Fsp3) is 0.300. The van der Waals surface area contributed by atoms with Crippen LogP contribution in [0.3, 0.4) is 0 Å². The Labute approximate surface area is 173 Å². The van der Waals surface area contributed by atoms with E-state index in [1.165, 1.54) is 5.56 Å². The lowest BCUT2D eigenvalue weighted by atomic mass is 10.1. The number of hydrogen-bond acceptors (Lipinski definition) is 5. The van der Waals surface area contributed by atoms with Gasteiger partial charge in [0.1, 0.15) is 10.2 Å². The van der Waals surface area contributed by atoms with Crippen LogP contribution < -0.4 is 0 Å². The first-order valence-electron chi connectivity index (χ1n) is 8.98. The largest absolute Gasteiger partial charge is 0.249 e. The van der Waals surface area contributed by atoms with Gasteiger partial charge in [-0.15, -0.1) is 11.3 Å². The fourth-order valence-corrected chi connectivity index (χ4v) is 6.09. The molecule has 0 saturated carbocycles. The first kappa shape index (κ1) is 19.4. The van der Waals surface area contributed by atoms with Crippen molar-refractivity contribution in [1.82, 2.24) is 14.8 Å². The molecule has 8 heteroatoms. The SMILES string of the molecule is Cc1ccc(-c2csc(C=Cc3c(C)nn(C4CCS(=O)(=O)C4)c3Cl)n2)cc1. The molecule has 3 aromatic rings. The van der Waals surface area contributed by atoms with Gasteiger partial charge in [0.15, 0.2) is 9.84 Å². The highest BCUT2D eigenvalue weighted by atomic mass is 35.5. The van der Waals surface area contributed by atoms with E-state index in [4.69, 9.17) is 11.6 Å². The summed E-state index contributed by atoms with van der Waals surface area (Å²) in [5.41, 5.74) is 4.83.